The minimum atomic E-state index is 0.130. The summed E-state index contributed by atoms with van der Waals surface area (Å²) in [6, 6.07) is 6.56. The molecule has 2 heteroatoms. The van der Waals surface area contributed by atoms with Crippen LogP contribution in [-0.4, -0.2) is 29.1 Å². The highest BCUT2D eigenvalue weighted by molar-refractivity contribution is 5.43. The van der Waals surface area contributed by atoms with Gasteiger partial charge in [0.1, 0.15) is 5.75 Å². The molecule has 0 unspecified atom stereocenters. The second-order valence-electron chi connectivity index (χ2n) is 7.51. The van der Waals surface area contributed by atoms with E-state index in [0.29, 0.717) is 17.7 Å². The lowest BCUT2D eigenvalue weighted by atomic mass is 9.60. The van der Waals surface area contributed by atoms with Gasteiger partial charge in [0, 0.05) is 12.6 Å². The highest BCUT2D eigenvalue weighted by Gasteiger charge is 2.45. The molecule has 1 N–H and O–H groups in total. The molecular formula is C19H27NO. The molecule has 21 heavy (non-hydrogen) atoms. The van der Waals surface area contributed by atoms with Crippen LogP contribution in [0.25, 0.3) is 0 Å². The predicted octanol–water partition coefficient (Wildman–Crippen LogP) is 3.88. The molecule has 2 atom stereocenters. The van der Waals surface area contributed by atoms with Crippen molar-refractivity contribution < 1.29 is 5.11 Å². The molecule has 1 fully saturated rings. The normalized spacial score (nSPS) is 27.8. The van der Waals surface area contributed by atoms with Crippen molar-refractivity contribution in [2.75, 3.05) is 13.1 Å². The minimum absolute atomic E-state index is 0.130. The monoisotopic (exact) mass is 285 g/mol. The van der Waals surface area contributed by atoms with E-state index in [4.69, 9.17) is 0 Å². The molecule has 1 aliphatic carbocycles. The molecule has 1 saturated heterocycles. The average molecular weight is 285 g/mol. The first-order valence-corrected chi connectivity index (χ1v) is 8.10. The highest BCUT2D eigenvalue weighted by atomic mass is 16.3. The number of rotatable bonds is 2. The van der Waals surface area contributed by atoms with Crippen LogP contribution in [0.3, 0.4) is 0 Å². The Morgan fingerprint density at radius 1 is 1.43 bits per heavy atom. The SMILES string of the molecule is C=C(C)CN1CCC[C@H]2[C@@H]1Cc1ccc(O)cc1C2(C)C. The lowest BCUT2D eigenvalue weighted by Gasteiger charge is -2.52. The fourth-order valence-electron chi connectivity index (χ4n) is 4.55. The molecule has 114 valence electrons. The van der Waals surface area contributed by atoms with Crippen LogP contribution in [-0.2, 0) is 11.8 Å². The van der Waals surface area contributed by atoms with Crippen LogP contribution < -0.4 is 0 Å². The number of phenolic OH excluding ortho intramolecular Hbond substituents is 1. The number of aromatic hydroxyl groups is 1. The fourth-order valence-corrected chi connectivity index (χ4v) is 4.55. The lowest BCUT2D eigenvalue weighted by molar-refractivity contribution is 0.0509. The van der Waals surface area contributed by atoms with E-state index in [2.05, 4.69) is 38.3 Å². The van der Waals surface area contributed by atoms with Crippen molar-refractivity contribution in [1.82, 2.24) is 4.90 Å². The summed E-state index contributed by atoms with van der Waals surface area (Å²) in [6.45, 7) is 13.2. The van der Waals surface area contributed by atoms with E-state index in [9.17, 15) is 5.11 Å². The van der Waals surface area contributed by atoms with Gasteiger partial charge in [-0.15, -0.1) is 0 Å². The van der Waals surface area contributed by atoms with Gasteiger partial charge in [-0.25, -0.2) is 0 Å². The largest absolute Gasteiger partial charge is 0.508 e. The van der Waals surface area contributed by atoms with Crippen molar-refractivity contribution in [2.45, 2.75) is 51.5 Å². The molecule has 0 spiro atoms. The minimum Gasteiger partial charge on any atom is -0.508 e. The van der Waals surface area contributed by atoms with E-state index in [0.717, 1.165) is 13.0 Å². The first-order valence-electron chi connectivity index (χ1n) is 8.10. The van der Waals surface area contributed by atoms with E-state index >= 15 is 0 Å². The maximum Gasteiger partial charge on any atom is 0.115 e. The molecule has 0 amide bonds. The lowest BCUT2D eigenvalue weighted by Crippen LogP contribution is -2.55. The predicted molar refractivity (Wildman–Crippen MR) is 87.7 cm³/mol. The highest BCUT2D eigenvalue weighted by Crippen LogP contribution is 2.47. The van der Waals surface area contributed by atoms with Crippen LogP contribution in [0, 0.1) is 5.92 Å². The fraction of sp³-hybridized carbons (Fsp3) is 0.579. The third-order valence-electron chi connectivity index (χ3n) is 5.51. The van der Waals surface area contributed by atoms with Crippen LogP contribution >= 0.6 is 0 Å². The van der Waals surface area contributed by atoms with Crippen LogP contribution in [0.15, 0.2) is 30.4 Å². The Labute approximate surface area is 128 Å². The van der Waals surface area contributed by atoms with Gasteiger partial charge in [-0.1, -0.05) is 32.1 Å². The van der Waals surface area contributed by atoms with Crippen molar-refractivity contribution in [1.29, 1.82) is 0 Å². The summed E-state index contributed by atoms with van der Waals surface area (Å²) in [5.74, 6) is 1.06. The van der Waals surface area contributed by atoms with Gasteiger partial charge in [0.05, 0.1) is 0 Å². The first kappa shape index (κ1) is 14.6. The van der Waals surface area contributed by atoms with Crippen molar-refractivity contribution >= 4 is 0 Å². The van der Waals surface area contributed by atoms with Gasteiger partial charge in [-0.05, 0) is 67.3 Å². The summed E-state index contributed by atoms with van der Waals surface area (Å²) in [5, 5.41) is 9.87. The molecular weight excluding hydrogens is 258 g/mol. The van der Waals surface area contributed by atoms with E-state index in [1.54, 1.807) is 0 Å². The van der Waals surface area contributed by atoms with Gasteiger partial charge in [-0.2, -0.15) is 0 Å². The maximum absolute atomic E-state index is 9.87. The number of piperidine rings is 1. The second kappa shape index (κ2) is 5.17. The Hall–Kier alpha value is -1.28. The zero-order chi connectivity index (χ0) is 15.2. The van der Waals surface area contributed by atoms with Crippen molar-refractivity contribution in [3.05, 3.63) is 41.5 Å². The smallest absolute Gasteiger partial charge is 0.115 e. The Bertz CT molecular complexity index is 561. The van der Waals surface area contributed by atoms with Crippen LogP contribution in [0.4, 0.5) is 0 Å². The van der Waals surface area contributed by atoms with Crippen molar-refractivity contribution in [3.63, 3.8) is 0 Å². The zero-order valence-electron chi connectivity index (χ0n) is 13.5. The topological polar surface area (TPSA) is 23.5 Å². The molecule has 1 aromatic rings. The standard InChI is InChI=1S/C19H27NO/c1-13(2)12-20-9-5-6-16-18(20)10-14-7-8-15(21)11-17(14)19(16,3)4/h7-8,11,16,18,21H,1,5-6,9-10,12H2,2-4H3/t16-,18-/m0/s1. The molecule has 0 bridgehead atoms. The molecule has 2 aliphatic rings. The Kier molecular flexibility index (Phi) is 3.61. The second-order valence-corrected chi connectivity index (χ2v) is 7.51. The average Bonchev–Trinajstić information content (AvgIpc) is 2.40. The van der Waals surface area contributed by atoms with Gasteiger partial charge in [0.25, 0.3) is 0 Å². The molecule has 3 rings (SSSR count). The summed E-state index contributed by atoms with van der Waals surface area (Å²) < 4.78 is 0. The van der Waals surface area contributed by atoms with Crippen molar-refractivity contribution in [3.8, 4) is 5.75 Å². The summed E-state index contributed by atoms with van der Waals surface area (Å²) in [5.41, 5.74) is 4.14. The third-order valence-corrected chi connectivity index (χ3v) is 5.51. The van der Waals surface area contributed by atoms with Gasteiger partial charge < -0.3 is 5.11 Å². The number of hydrogen-bond acceptors (Lipinski definition) is 2. The molecule has 0 radical (unpaired) electrons. The van der Waals surface area contributed by atoms with Gasteiger partial charge in [-0.3, -0.25) is 4.90 Å². The number of nitrogens with zero attached hydrogens (tertiary/aromatic N) is 1. The van der Waals surface area contributed by atoms with E-state index in [-0.39, 0.29) is 5.41 Å². The summed E-state index contributed by atoms with van der Waals surface area (Å²) >= 11 is 0. The number of fused-ring (bicyclic) bond motifs is 2. The number of hydrogen-bond donors (Lipinski definition) is 1. The van der Waals surface area contributed by atoms with Crippen molar-refractivity contribution in [2.24, 2.45) is 5.92 Å². The number of phenols is 1. The number of benzene rings is 1. The van der Waals surface area contributed by atoms with Crippen LogP contribution in [0.1, 0.15) is 44.7 Å². The van der Waals surface area contributed by atoms with E-state index in [1.165, 1.54) is 36.1 Å². The quantitative estimate of drug-likeness (QED) is 0.834. The molecule has 1 heterocycles. The van der Waals surface area contributed by atoms with Gasteiger partial charge in [0.2, 0.25) is 0 Å². The third kappa shape index (κ3) is 2.50. The number of likely N-dealkylation sites (tertiary alicyclic amines) is 1. The van der Waals surface area contributed by atoms with Crippen LogP contribution in [0.5, 0.6) is 5.75 Å². The maximum atomic E-state index is 9.87. The van der Waals surface area contributed by atoms with Gasteiger partial charge in [0.15, 0.2) is 0 Å². The molecule has 0 saturated carbocycles. The van der Waals surface area contributed by atoms with Gasteiger partial charge >= 0.3 is 0 Å². The van der Waals surface area contributed by atoms with E-state index in [1.807, 2.05) is 12.1 Å². The molecule has 1 aromatic carbocycles. The Morgan fingerprint density at radius 2 is 2.19 bits per heavy atom. The van der Waals surface area contributed by atoms with E-state index < -0.39 is 0 Å². The van der Waals surface area contributed by atoms with Crippen LogP contribution in [0.2, 0.25) is 0 Å². The summed E-state index contributed by atoms with van der Waals surface area (Å²) in [6.07, 6.45) is 3.67. The first-order chi connectivity index (χ1) is 9.89. The summed E-state index contributed by atoms with van der Waals surface area (Å²) in [4.78, 5) is 2.63. The molecule has 0 aromatic heterocycles. The Morgan fingerprint density at radius 3 is 2.90 bits per heavy atom. The summed E-state index contributed by atoms with van der Waals surface area (Å²) in [7, 11) is 0. The molecule has 2 nitrogen and oxygen atoms in total. The zero-order valence-corrected chi connectivity index (χ0v) is 13.5. The molecule has 1 aliphatic heterocycles. The Balaban J connectivity index is 2.00.